The molecule has 7 heteroatoms. The summed E-state index contributed by atoms with van der Waals surface area (Å²) in [7, 11) is -3.73. The number of hydrogen-bond donors (Lipinski definition) is 1. The van der Waals surface area contributed by atoms with Gasteiger partial charge in [0.05, 0.1) is 4.90 Å². The van der Waals surface area contributed by atoms with E-state index in [1.165, 1.54) is 23.3 Å². The summed E-state index contributed by atoms with van der Waals surface area (Å²) in [6, 6.07) is 12.4. The molecule has 0 unspecified atom stereocenters. The van der Waals surface area contributed by atoms with Crippen molar-refractivity contribution in [1.82, 2.24) is 4.72 Å². The molecule has 1 N–H and O–H groups in total. The average molecular weight is 517 g/mol. The molecule has 1 aliphatic heterocycles. The Labute approximate surface area is 199 Å². The summed E-state index contributed by atoms with van der Waals surface area (Å²) in [5.41, 5.74) is 3.03. The molecule has 1 saturated carbocycles. The smallest absolute Gasteiger partial charge is 0.258 e. The highest BCUT2D eigenvalue weighted by molar-refractivity contribution is 9.10. The van der Waals surface area contributed by atoms with Gasteiger partial charge in [-0.25, -0.2) is 13.1 Å². The Morgan fingerprint density at radius 3 is 2.47 bits per heavy atom. The van der Waals surface area contributed by atoms with E-state index in [1.54, 1.807) is 32.9 Å². The SMILES string of the molecule is C=C1CCC2(CC1)CN(C(=O)c1cccc(S(=O)(=O)NC(C)(C)C)c1)c1ccc(Br)cc12. The Balaban J connectivity index is 1.70. The maximum Gasteiger partial charge on any atom is 0.258 e. The minimum absolute atomic E-state index is 0.0898. The zero-order valence-corrected chi connectivity index (χ0v) is 21.1. The Morgan fingerprint density at radius 2 is 1.81 bits per heavy atom. The molecule has 32 heavy (non-hydrogen) atoms. The summed E-state index contributed by atoms with van der Waals surface area (Å²) >= 11 is 3.59. The first-order chi connectivity index (χ1) is 14.9. The summed E-state index contributed by atoms with van der Waals surface area (Å²) in [6.45, 7) is 10.1. The number of nitrogens with zero attached hydrogens (tertiary/aromatic N) is 1. The van der Waals surface area contributed by atoms with Crippen molar-refractivity contribution in [3.63, 3.8) is 0 Å². The third kappa shape index (κ3) is 4.43. The van der Waals surface area contributed by atoms with Gasteiger partial charge in [-0.15, -0.1) is 0 Å². The van der Waals surface area contributed by atoms with E-state index in [0.717, 1.165) is 35.8 Å². The van der Waals surface area contributed by atoms with E-state index < -0.39 is 15.6 Å². The van der Waals surface area contributed by atoms with Crippen molar-refractivity contribution in [2.75, 3.05) is 11.4 Å². The van der Waals surface area contributed by atoms with Crippen molar-refractivity contribution in [3.05, 3.63) is 70.2 Å². The van der Waals surface area contributed by atoms with E-state index in [1.807, 2.05) is 17.0 Å². The van der Waals surface area contributed by atoms with Crippen molar-refractivity contribution in [3.8, 4) is 0 Å². The molecule has 0 aromatic heterocycles. The second-order valence-corrected chi connectivity index (χ2v) is 12.6. The predicted octanol–water partition coefficient (Wildman–Crippen LogP) is 5.55. The molecule has 0 atom stereocenters. The van der Waals surface area contributed by atoms with Gasteiger partial charge < -0.3 is 4.90 Å². The first kappa shape index (κ1) is 23.2. The van der Waals surface area contributed by atoms with Crippen LogP contribution in [-0.2, 0) is 15.4 Å². The zero-order valence-electron chi connectivity index (χ0n) is 18.7. The number of carbonyl (C=O) groups excluding carboxylic acids is 1. The Kier molecular flexibility index (Phi) is 5.89. The maximum absolute atomic E-state index is 13.6. The van der Waals surface area contributed by atoms with Gasteiger partial charge in [0, 0.05) is 33.2 Å². The number of nitrogens with one attached hydrogen (secondary N) is 1. The number of anilines is 1. The maximum atomic E-state index is 13.6. The molecule has 1 aliphatic carbocycles. The molecular formula is C25H29BrN2O3S. The fourth-order valence-corrected chi connectivity index (χ4v) is 6.57. The molecule has 1 amide bonds. The Hall–Kier alpha value is -1.96. The van der Waals surface area contributed by atoms with Crippen LogP contribution in [0.15, 0.2) is 64.0 Å². The van der Waals surface area contributed by atoms with Crippen molar-refractivity contribution in [1.29, 1.82) is 0 Å². The lowest BCUT2D eigenvalue weighted by Gasteiger charge is -2.35. The highest BCUT2D eigenvalue weighted by atomic mass is 79.9. The quantitative estimate of drug-likeness (QED) is 0.543. The van der Waals surface area contributed by atoms with Crippen molar-refractivity contribution in [2.24, 2.45) is 0 Å². The van der Waals surface area contributed by atoms with E-state index in [9.17, 15) is 13.2 Å². The van der Waals surface area contributed by atoms with Crippen LogP contribution in [0.1, 0.15) is 62.4 Å². The Bertz CT molecular complexity index is 1190. The first-order valence-corrected chi connectivity index (χ1v) is 13.1. The van der Waals surface area contributed by atoms with Crippen LogP contribution in [-0.4, -0.2) is 26.4 Å². The molecular weight excluding hydrogens is 488 g/mol. The van der Waals surface area contributed by atoms with E-state index in [0.29, 0.717) is 12.1 Å². The molecule has 2 aliphatic rings. The lowest BCUT2D eigenvalue weighted by molar-refractivity contribution is 0.0983. The zero-order chi connectivity index (χ0) is 23.3. The van der Waals surface area contributed by atoms with Crippen LogP contribution in [0.4, 0.5) is 5.69 Å². The predicted molar refractivity (Wildman–Crippen MR) is 132 cm³/mol. The van der Waals surface area contributed by atoms with Crippen LogP contribution in [0.3, 0.4) is 0 Å². The number of fused-ring (bicyclic) bond motifs is 2. The van der Waals surface area contributed by atoms with Gasteiger partial charge in [-0.3, -0.25) is 4.79 Å². The van der Waals surface area contributed by atoms with Gasteiger partial charge in [-0.1, -0.05) is 34.1 Å². The standard InChI is InChI=1S/C25H29BrN2O3S/c1-17-10-12-25(13-11-17)16-28(22-9-8-19(26)15-21(22)25)23(29)18-6-5-7-20(14-18)32(30,31)27-24(2,3)4/h5-9,14-15,27H,1,10-13,16H2,2-4H3. The number of carbonyl (C=O) groups is 1. The third-order valence-corrected chi connectivity index (χ3v) is 8.52. The molecule has 2 aromatic carbocycles. The lowest BCUT2D eigenvalue weighted by Crippen LogP contribution is -2.40. The number of benzene rings is 2. The van der Waals surface area contributed by atoms with Gasteiger partial charge in [0.15, 0.2) is 0 Å². The summed E-state index contributed by atoms with van der Waals surface area (Å²) in [4.78, 5) is 15.5. The highest BCUT2D eigenvalue weighted by Gasteiger charge is 2.45. The normalized spacial score (nSPS) is 18.1. The molecule has 0 saturated heterocycles. The van der Waals surface area contributed by atoms with Crippen molar-refractivity contribution < 1.29 is 13.2 Å². The van der Waals surface area contributed by atoms with Gasteiger partial charge in [0.1, 0.15) is 0 Å². The first-order valence-electron chi connectivity index (χ1n) is 10.8. The van der Waals surface area contributed by atoms with Crippen LogP contribution in [0.5, 0.6) is 0 Å². The molecule has 0 radical (unpaired) electrons. The molecule has 5 nitrogen and oxygen atoms in total. The topological polar surface area (TPSA) is 66.5 Å². The fourth-order valence-electron chi connectivity index (χ4n) is 4.75. The molecule has 0 bridgehead atoms. The molecule has 1 heterocycles. The molecule has 4 rings (SSSR count). The minimum Gasteiger partial charge on any atom is -0.307 e. The van der Waals surface area contributed by atoms with Crippen LogP contribution in [0, 0.1) is 0 Å². The van der Waals surface area contributed by atoms with Crippen molar-refractivity contribution in [2.45, 2.75) is 62.3 Å². The summed E-state index contributed by atoms with van der Waals surface area (Å²) in [6.07, 6.45) is 3.84. The minimum atomic E-state index is -3.73. The van der Waals surface area contributed by atoms with Gasteiger partial charge in [0.25, 0.3) is 5.91 Å². The summed E-state index contributed by atoms with van der Waals surface area (Å²) in [5.74, 6) is -0.178. The number of halogens is 1. The van der Waals surface area contributed by atoms with Gasteiger partial charge in [-0.05, 0) is 88.4 Å². The van der Waals surface area contributed by atoms with Gasteiger partial charge in [-0.2, -0.15) is 0 Å². The summed E-state index contributed by atoms with van der Waals surface area (Å²) < 4.78 is 29.3. The number of hydrogen-bond acceptors (Lipinski definition) is 3. The lowest BCUT2D eigenvalue weighted by atomic mass is 9.69. The van der Waals surface area contributed by atoms with E-state index in [-0.39, 0.29) is 16.2 Å². The van der Waals surface area contributed by atoms with Crippen LogP contribution in [0.2, 0.25) is 0 Å². The monoisotopic (exact) mass is 516 g/mol. The molecule has 1 fully saturated rings. The second kappa shape index (κ2) is 8.12. The summed E-state index contributed by atoms with van der Waals surface area (Å²) in [5, 5.41) is 0. The average Bonchev–Trinajstić information content (AvgIpc) is 3.02. The van der Waals surface area contributed by atoms with Crippen LogP contribution >= 0.6 is 15.9 Å². The van der Waals surface area contributed by atoms with Gasteiger partial charge >= 0.3 is 0 Å². The second-order valence-electron chi connectivity index (χ2n) is 9.97. The molecule has 2 aromatic rings. The highest BCUT2D eigenvalue weighted by Crippen LogP contribution is 2.51. The molecule has 170 valence electrons. The van der Waals surface area contributed by atoms with Crippen LogP contribution < -0.4 is 9.62 Å². The molecule has 1 spiro atoms. The van der Waals surface area contributed by atoms with Crippen LogP contribution in [0.25, 0.3) is 0 Å². The van der Waals surface area contributed by atoms with E-state index in [2.05, 4.69) is 33.3 Å². The fraction of sp³-hybridized carbons (Fsp3) is 0.400. The number of allylic oxidation sites excluding steroid dienone is 1. The van der Waals surface area contributed by atoms with Crippen molar-refractivity contribution >= 4 is 37.5 Å². The number of rotatable bonds is 3. The third-order valence-electron chi connectivity index (χ3n) is 6.27. The Morgan fingerprint density at radius 1 is 1.12 bits per heavy atom. The van der Waals surface area contributed by atoms with Gasteiger partial charge in [0.2, 0.25) is 10.0 Å². The number of amides is 1. The van der Waals surface area contributed by atoms with E-state index in [4.69, 9.17) is 0 Å². The number of sulfonamides is 1. The largest absolute Gasteiger partial charge is 0.307 e. The van der Waals surface area contributed by atoms with E-state index >= 15 is 0 Å².